The number of nitrogens with two attached hydrogens (primary N) is 1. The number of aliphatic hydroxyl groups excluding tert-OH is 1. The number of rotatable bonds is 4. The standard InChI is InChI=1S/C10H18N2O4/c1-2-16-10(15)8(11)9(14)12-5-3-4-7(12)6-13/h7-8,13H,2-6,11H2,1H3/t7-,8?/m1/s1. The van der Waals surface area contributed by atoms with Crippen molar-refractivity contribution in [3.63, 3.8) is 0 Å². The summed E-state index contributed by atoms with van der Waals surface area (Å²) >= 11 is 0. The number of ether oxygens (including phenoxy) is 1. The molecule has 0 aromatic carbocycles. The average Bonchev–Trinajstić information content (AvgIpc) is 2.75. The van der Waals surface area contributed by atoms with E-state index in [1.165, 1.54) is 4.90 Å². The molecule has 1 aliphatic rings. The van der Waals surface area contributed by atoms with Gasteiger partial charge in [0.15, 0.2) is 6.04 Å². The first-order chi connectivity index (χ1) is 7.61. The Morgan fingerprint density at radius 2 is 2.31 bits per heavy atom. The predicted molar refractivity (Wildman–Crippen MR) is 56.4 cm³/mol. The molecule has 0 bridgehead atoms. The van der Waals surface area contributed by atoms with Crippen LogP contribution in [0.5, 0.6) is 0 Å². The van der Waals surface area contributed by atoms with E-state index in [0.29, 0.717) is 6.54 Å². The molecule has 0 aromatic heterocycles. The highest BCUT2D eigenvalue weighted by atomic mass is 16.5. The summed E-state index contributed by atoms with van der Waals surface area (Å²) in [5, 5.41) is 9.06. The molecule has 0 aliphatic carbocycles. The number of carbonyl (C=O) groups is 2. The number of hydrogen-bond acceptors (Lipinski definition) is 5. The predicted octanol–water partition coefficient (Wildman–Crippen LogP) is -1.14. The zero-order chi connectivity index (χ0) is 12.1. The second kappa shape index (κ2) is 5.81. The molecule has 1 fully saturated rings. The van der Waals surface area contributed by atoms with E-state index in [4.69, 9.17) is 10.8 Å². The maximum absolute atomic E-state index is 11.8. The van der Waals surface area contributed by atoms with Crippen LogP contribution in [0.1, 0.15) is 19.8 Å². The fraction of sp³-hybridized carbons (Fsp3) is 0.800. The van der Waals surface area contributed by atoms with Crippen LogP contribution in [0.15, 0.2) is 0 Å². The van der Waals surface area contributed by atoms with Crippen LogP contribution in [0.2, 0.25) is 0 Å². The van der Waals surface area contributed by atoms with Gasteiger partial charge in [-0.1, -0.05) is 0 Å². The smallest absolute Gasteiger partial charge is 0.332 e. The monoisotopic (exact) mass is 230 g/mol. The van der Waals surface area contributed by atoms with Crippen molar-refractivity contribution >= 4 is 11.9 Å². The third-order valence-electron chi connectivity index (χ3n) is 2.68. The van der Waals surface area contributed by atoms with Gasteiger partial charge in [0.25, 0.3) is 5.91 Å². The number of likely N-dealkylation sites (tertiary alicyclic amines) is 1. The highest BCUT2D eigenvalue weighted by molar-refractivity contribution is 6.01. The summed E-state index contributed by atoms with van der Waals surface area (Å²) in [6.45, 7) is 2.29. The highest BCUT2D eigenvalue weighted by Gasteiger charge is 2.34. The average molecular weight is 230 g/mol. The van der Waals surface area contributed by atoms with Crippen molar-refractivity contribution in [2.75, 3.05) is 19.8 Å². The molecular weight excluding hydrogens is 212 g/mol. The molecule has 6 heteroatoms. The SMILES string of the molecule is CCOC(=O)C(N)C(=O)N1CCC[C@@H]1CO. The largest absolute Gasteiger partial charge is 0.464 e. The molecule has 0 spiro atoms. The van der Waals surface area contributed by atoms with Gasteiger partial charge in [0.05, 0.1) is 19.3 Å². The van der Waals surface area contributed by atoms with Crippen LogP contribution < -0.4 is 5.73 Å². The van der Waals surface area contributed by atoms with Crippen LogP contribution in [-0.2, 0) is 14.3 Å². The number of amides is 1. The fourth-order valence-corrected chi connectivity index (χ4v) is 1.83. The molecule has 6 nitrogen and oxygen atoms in total. The number of esters is 1. The van der Waals surface area contributed by atoms with Gasteiger partial charge in [0, 0.05) is 6.54 Å². The van der Waals surface area contributed by atoms with E-state index in [9.17, 15) is 9.59 Å². The lowest BCUT2D eigenvalue weighted by molar-refractivity contribution is -0.151. The Morgan fingerprint density at radius 3 is 2.88 bits per heavy atom. The van der Waals surface area contributed by atoms with E-state index in [-0.39, 0.29) is 19.3 Å². The minimum absolute atomic E-state index is 0.0959. The normalized spacial score (nSPS) is 21.9. The van der Waals surface area contributed by atoms with Crippen molar-refractivity contribution in [1.29, 1.82) is 0 Å². The van der Waals surface area contributed by atoms with Gasteiger partial charge in [0.2, 0.25) is 0 Å². The molecule has 0 saturated carbocycles. The van der Waals surface area contributed by atoms with E-state index in [1.807, 2.05) is 0 Å². The van der Waals surface area contributed by atoms with Gasteiger partial charge >= 0.3 is 5.97 Å². The Bertz CT molecular complexity index is 270. The Balaban J connectivity index is 2.59. The van der Waals surface area contributed by atoms with Crippen molar-refractivity contribution in [2.45, 2.75) is 31.8 Å². The van der Waals surface area contributed by atoms with Crippen LogP contribution in [0.25, 0.3) is 0 Å². The van der Waals surface area contributed by atoms with Gasteiger partial charge in [-0.3, -0.25) is 4.79 Å². The molecule has 1 amide bonds. The maximum Gasteiger partial charge on any atom is 0.332 e. The van der Waals surface area contributed by atoms with Crippen LogP contribution in [0.3, 0.4) is 0 Å². The topological polar surface area (TPSA) is 92.9 Å². The second-order valence-electron chi connectivity index (χ2n) is 3.74. The molecule has 1 unspecified atom stereocenters. The molecule has 2 atom stereocenters. The van der Waals surface area contributed by atoms with Crippen molar-refractivity contribution in [3.8, 4) is 0 Å². The van der Waals surface area contributed by atoms with Crippen molar-refractivity contribution < 1.29 is 19.4 Å². The molecule has 1 rings (SSSR count). The Hall–Kier alpha value is -1.14. The molecule has 0 aromatic rings. The van der Waals surface area contributed by atoms with E-state index in [0.717, 1.165) is 12.8 Å². The minimum atomic E-state index is -1.27. The number of hydrogen-bond donors (Lipinski definition) is 2. The summed E-state index contributed by atoms with van der Waals surface area (Å²) in [5.74, 6) is -1.17. The third kappa shape index (κ3) is 2.70. The fourth-order valence-electron chi connectivity index (χ4n) is 1.83. The maximum atomic E-state index is 11.8. The van der Waals surface area contributed by atoms with Crippen molar-refractivity contribution in [3.05, 3.63) is 0 Å². The van der Waals surface area contributed by atoms with Gasteiger partial charge < -0.3 is 20.5 Å². The van der Waals surface area contributed by atoms with E-state index >= 15 is 0 Å². The van der Waals surface area contributed by atoms with Gasteiger partial charge in [-0.15, -0.1) is 0 Å². The summed E-state index contributed by atoms with van der Waals surface area (Å²) in [6, 6.07) is -1.49. The van der Waals surface area contributed by atoms with Crippen LogP contribution >= 0.6 is 0 Å². The Labute approximate surface area is 94.3 Å². The van der Waals surface area contributed by atoms with Gasteiger partial charge in [-0.2, -0.15) is 0 Å². The first-order valence-electron chi connectivity index (χ1n) is 5.45. The summed E-state index contributed by atoms with van der Waals surface area (Å²) in [5.41, 5.74) is 5.50. The second-order valence-corrected chi connectivity index (χ2v) is 3.74. The first kappa shape index (κ1) is 12.9. The summed E-state index contributed by atoms with van der Waals surface area (Å²) < 4.78 is 4.68. The zero-order valence-electron chi connectivity index (χ0n) is 9.39. The Morgan fingerprint density at radius 1 is 1.62 bits per heavy atom. The molecule has 1 aliphatic heterocycles. The van der Waals surface area contributed by atoms with Gasteiger partial charge in [0.1, 0.15) is 0 Å². The quantitative estimate of drug-likeness (QED) is 0.470. The van der Waals surface area contributed by atoms with Gasteiger partial charge in [-0.25, -0.2) is 4.79 Å². The lowest BCUT2D eigenvalue weighted by atomic mass is 10.2. The molecule has 1 saturated heterocycles. The highest BCUT2D eigenvalue weighted by Crippen LogP contribution is 2.17. The zero-order valence-corrected chi connectivity index (χ0v) is 9.39. The number of aliphatic hydroxyl groups is 1. The lowest BCUT2D eigenvalue weighted by Crippen LogP contribution is -2.51. The molecular formula is C10H18N2O4. The summed E-state index contributed by atoms with van der Waals surface area (Å²) in [6.07, 6.45) is 1.57. The molecule has 1 heterocycles. The van der Waals surface area contributed by atoms with E-state index in [2.05, 4.69) is 4.74 Å². The number of carbonyl (C=O) groups excluding carboxylic acids is 2. The van der Waals surface area contributed by atoms with Crippen LogP contribution in [-0.4, -0.2) is 53.7 Å². The number of nitrogens with zero attached hydrogens (tertiary/aromatic N) is 1. The third-order valence-corrected chi connectivity index (χ3v) is 2.68. The van der Waals surface area contributed by atoms with Crippen LogP contribution in [0.4, 0.5) is 0 Å². The molecule has 3 N–H and O–H groups in total. The minimum Gasteiger partial charge on any atom is -0.464 e. The lowest BCUT2D eigenvalue weighted by Gasteiger charge is -2.25. The van der Waals surface area contributed by atoms with Crippen molar-refractivity contribution in [1.82, 2.24) is 4.90 Å². The van der Waals surface area contributed by atoms with E-state index < -0.39 is 17.9 Å². The Kier molecular flexibility index (Phi) is 4.70. The van der Waals surface area contributed by atoms with Crippen molar-refractivity contribution in [2.24, 2.45) is 5.73 Å². The molecule has 92 valence electrons. The molecule has 16 heavy (non-hydrogen) atoms. The summed E-state index contributed by atoms with van der Waals surface area (Å²) in [7, 11) is 0. The van der Waals surface area contributed by atoms with E-state index in [1.54, 1.807) is 6.92 Å². The van der Waals surface area contributed by atoms with Gasteiger partial charge in [-0.05, 0) is 19.8 Å². The summed E-state index contributed by atoms with van der Waals surface area (Å²) in [4.78, 5) is 24.6. The molecule has 0 radical (unpaired) electrons. The first-order valence-corrected chi connectivity index (χ1v) is 5.45. The van der Waals surface area contributed by atoms with Crippen LogP contribution in [0, 0.1) is 0 Å².